The summed E-state index contributed by atoms with van der Waals surface area (Å²) in [5.41, 5.74) is 1.59. The molecule has 1 spiro atoms. The average molecular weight is 342 g/mol. The fourth-order valence-electron chi connectivity index (χ4n) is 3.37. The highest BCUT2D eigenvalue weighted by atomic mass is 127. The Labute approximate surface area is 117 Å². The highest BCUT2D eigenvalue weighted by molar-refractivity contribution is 14.1. The largest absolute Gasteiger partial charge is 0.357 e. The molecule has 2 heteroatoms. The summed E-state index contributed by atoms with van der Waals surface area (Å²) < 4.78 is 7.42. The van der Waals surface area contributed by atoms with E-state index < -0.39 is 0 Å². The zero-order valence-electron chi connectivity index (χ0n) is 10.1. The third-order valence-corrected chi connectivity index (χ3v) is 5.48. The van der Waals surface area contributed by atoms with Gasteiger partial charge in [0.05, 0.1) is 0 Å². The molecule has 0 radical (unpaired) electrons. The maximum Gasteiger partial charge on any atom is 0.132 e. The van der Waals surface area contributed by atoms with Gasteiger partial charge in [-0.2, -0.15) is 0 Å². The number of ether oxygens (including phenoxy) is 1. The topological polar surface area (TPSA) is 12.5 Å². The van der Waals surface area contributed by atoms with E-state index in [1.54, 1.807) is 0 Å². The van der Waals surface area contributed by atoms with Gasteiger partial charge in [0.25, 0.3) is 0 Å². The predicted molar refractivity (Wildman–Crippen MR) is 78.5 cm³/mol. The van der Waals surface area contributed by atoms with Crippen LogP contribution < -0.4 is 0 Å². The molecule has 1 heterocycles. The summed E-state index contributed by atoms with van der Waals surface area (Å²) in [6.07, 6.45) is 7.96. The summed E-state index contributed by atoms with van der Waals surface area (Å²) >= 11 is 2.50. The zero-order chi connectivity index (χ0) is 11.8. The van der Waals surface area contributed by atoms with E-state index in [4.69, 9.17) is 4.74 Å². The number of benzene rings is 1. The Kier molecular flexibility index (Phi) is 3.20. The number of hydrogen-bond donors (Lipinski definition) is 0. The van der Waals surface area contributed by atoms with Crippen LogP contribution in [-0.4, -0.2) is 10.0 Å². The van der Waals surface area contributed by atoms with Gasteiger partial charge in [0.1, 0.15) is 11.2 Å². The highest BCUT2D eigenvalue weighted by Gasteiger charge is 2.68. The van der Waals surface area contributed by atoms with Crippen LogP contribution in [0.2, 0.25) is 0 Å². The van der Waals surface area contributed by atoms with Crippen molar-refractivity contribution in [3.8, 4) is 0 Å². The molecule has 2 fully saturated rings. The normalized spacial score (nSPS) is 31.1. The van der Waals surface area contributed by atoms with Gasteiger partial charge in [-0.1, -0.05) is 78.6 Å². The van der Waals surface area contributed by atoms with Gasteiger partial charge in [-0.05, 0) is 18.4 Å². The van der Waals surface area contributed by atoms with Crippen molar-refractivity contribution in [1.82, 2.24) is 0 Å². The lowest BCUT2D eigenvalue weighted by Crippen LogP contribution is -2.25. The van der Waals surface area contributed by atoms with E-state index in [9.17, 15) is 0 Å². The highest BCUT2D eigenvalue weighted by Crippen LogP contribution is 2.62. The van der Waals surface area contributed by atoms with Crippen LogP contribution >= 0.6 is 22.6 Å². The molecule has 17 heavy (non-hydrogen) atoms. The van der Waals surface area contributed by atoms with Crippen LogP contribution in [0.15, 0.2) is 30.3 Å². The third-order valence-electron chi connectivity index (χ3n) is 4.40. The van der Waals surface area contributed by atoms with Crippen LogP contribution in [-0.2, 0) is 10.3 Å². The molecule has 0 N–H and O–H groups in total. The monoisotopic (exact) mass is 342 g/mol. The van der Waals surface area contributed by atoms with Crippen molar-refractivity contribution >= 4 is 22.6 Å². The molecule has 1 aliphatic carbocycles. The first-order valence-corrected chi connectivity index (χ1v) is 8.17. The molecule has 92 valence electrons. The predicted octanol–water partition coefficient (Wildman–Crippen LogP) is 4.44. The number of hydrogen-bond acceptors (Lipinski definition) is 1. The number of epoxide rings is 1. The van der Waals surface area contributed by atoms with E-state index in [-0.39, 0.29) is 11.2 Å². The molecule has 1 aliphatic heterocycles. The lowest BCUT2D eigenvalue weighted by molar-refractivity contribution is 0.255. The number of alkyl halides is 1. The van der Waals surface area contributed by atoms with Gasteiger partial charge in [0.15, 0.2) is 0 Å². The smallest absolute Gasteiger partial charge is 0.132 e. The van der Waals surface area contributed by atoms with E-state index >= 15 is 0 Å². The van der Waals surface area contributed by atoms with Crippen LogP contribution in [0, 0.1) is 0 Å². The maximum atomic E-state index is 6.34. The van der Waals surface area contributed by atoms with Crippen molar-refractivity contribution in [3.63, 3.8) is 0 Å². The molecule has 0 aromatic heterocycles. The Bertz CT molecular complexity index is 381. The lowest BCUT2D eigenvalue weighted by Gasteiger charge is -2.17. The molecule has 3 rings (SSSR count). The second-order valence-electron chi connectivity index (χ2n) is 5.34. The van der Waals surface area contributed by atoms with Crippen LogP contribution in [0.25, 0.3) is 0 Å². The summed E-state index contributed by atoms with van der Waals surface area (Å²) in [7, 11) is 0. The van der Waals surface area contributed by atoms with Gasteiger partial charge in [0.2, 0.25) is 0 Å². The van der Waals surface area contributed by atoms with Gasteiger partial charge in [-0.15, -0.1) is 0 Å². The second kappa shape index (κ2) is 4.54. The second-order valence-corrected chi connectivity index (χ2v) is 6.10. The number of halogens is 1. The van der Waals surface area contributed by atoms with Crippen molar-refractivity contribution in [3.05, 3.63) is 35.9 Å². The molecule has 0 unspecified atom stereocenters. The SMILES string of the molecule is IC[C@@]1(c2ccccc2)OC12CCCCCC2. The summed E-state index contributed by atoms with van der Waals surface area (Å²) in [5, 5.41) is 0. The fourth-order valence-corrected chi connectivity index (χ4v) is 4.66. The molecular formula is C15H19IO. The van der Waals surface area contributed by atoms with Gasteiger partial charge in [0, 0.05) is 4.43 Å². The Morgan fingerprint density at radius 2 is 1.65 bits per heavy atom. The molecule has 1 saturated heterocycles. The van der Waals surface area contributed by atoms with Crippen molar-refractivity contribution in [1.29, 1.82) is 0 Å². The van der Waals surface area contributed by atoms with Crippen LogP contribution in [0.3, 0.4) is 0 Å². The van der Waals surface area contributed by atoms with E-state index in [0.717, 1.165) is 4.43 Å². The summed E-state index contributed by atoms with van der Waals surface area (Å²) in [5.74, 6) is 0. The molecule has 1 aromatic carbocycles. The van der Waals surface area contributed by atoms with Crippen LogP contribution in [0.1, 0.15) is 44.1 Å². The Morgan fingerprint density at radius 1 is 1.00 bits per heavy atom. The lowest BCUT2D eigenvalue weighted by atomic mass is 9.83. The van der Waals surface area contributed by atoms with E-state index in [1.165, 1.54) is 44.1 Å². The molecular weight excluding hydrogens is 323 g/mol. The van der Waals surface area contributed by atoms with Gasteiger partial charge in [-0.3, -0.25) is 0 Å². The first-order valence-electron chi connectivity index (χ1n) is 6.65. The minimum atomic E-state index is 0.0269. The molecule has 1 atom stereocenters. The van der Waals surface area contributed by atoms with E-state index in [0.29, 0.717) is 0 Å². The minimum absolute atomic E-state index is 0.0269. The molecule has 1 aromatic rings. The van der Waals surface area contributed by atoms with Crippen LogP contribution in [0.4, 0.5) is 0 Å². The van der Waals surface area contributed by atoms with Crippen molar-refractivity contribution in [2.75, 3.05) is 4.43 Å². The summed E-state index contributed by atoms with van der Waals surface area (Å²) in [4.78, 5) is 0. The molecule has 1 nitrogen and oxygen atoms in total. The first kappa shape index (κ1) is 12.0. The Balaban J connectivity index is 1.91. The number of rotatable bonds is 2. The van der Waals surface area contributed by atoms with E-state index in [2.05, 4.69) is 52.9 Å². The Morgan fingerprint density at radius 3 is 2.24 bits per heavy atom. The van der Waals surface area contributed by atoms with Gasteiger partial charge >= 0.3 is 0 Å². The Hall–Kier alpha value is -0.0900. The van der Waals surface area contributed by atoms with Gasteiger partial charge in [-0.25, -0.2) is 0 Å². The van der Waals surface area contributed by atoms with Crippen molar-refractivity contribution < 1.29 is 4.74 Å². The van der Waals surface area contributed by atoms with Crippen LogP contribution in [0.5, 0.6) is 0 Å². The molecule has 0 amide bonds. The molecule has 1 saturated carbocycles. The zero-order valence-corrected chi connectivity index (χ0v) is 12.3. The fraction of sp³-hybridized carbons (Fsp3) is 0.600. The van der Waals surface area contributed by atoms with Gasteiger partial charge < -0.3 is 4.74 Å². The molecule has 0 bridgehead atoms. The van der Waals surface area contributed by atoms with Crippen molar-refractivity contribution in [2.45, 2.75) is 49.7 Å². The summed E-state index contributed by atoms with van der Waals surface area (Å²) in [6.45, 7) is 0. The molecule has 2 aliphatic rings. The maximum absolute atomic E-state index is 6.34. The average Bonchev–Trinajstić information content (AvgIpc) is 3.10. The summed E-state index contributed by atoms with van der Waals surface area (Å²) in [6, 6.07) is 10.8. The third kappa shape index (κ3) is 1.84. The van der Waals surface area contributed by atoms with Crippen molar-refractivity contribution in [2.24, 2.45) is 0 Å². The quantitative estimate of drug-likeness (QED) is 0.440. The first-order chi connectivity index (χ1) is 8.33. The standard InChI is InChI=1S/C15H19IO/c16-12-15(13-8-4-3-5-9-13)14(17-15)10-6-1-2-7-11-14/h3-5,8-9H,1-2,6-7,10-12H2/t15-/m0/s1. The minimum Gasteiger partial charge on any atom is -0.357 e. The van der Waals surface area contributed by atoms with E-state index in [1.807, 2.05) is 0 Å².